The molecule has 0 amide bonds. The minimum Gasteiger partial charge on any atom is -0.395 e. The van der Waals surface area contributed by atoms with Crippen molar-refractivity contribution in [2.45, 2.75) is 50.4 Å². The van der Waals surface area contributed by atoms with E-state index in [1.54, 1.807) is 0 Å². The van der Waals surface area contributed by atoms with Crippen LogP contribution in [-0.4, -0.2) is 81.0 Å². The third-order valence-electron chi connectivity index (χ3n) is 6.26. The highest BCUT2D eigenvalue weighted by atomic mass is 16.7. The van der Waals surface area contributed by atoms with Crippen LogP contribution in [0.25, 0.3) is 0 Å². The normalized spacial score (nSPS) is 27.0. The Balaban J connectivity index is 1.28. The molecular weight excluding hydrogens is 410 g/mol. The van der Waals surface area contributed by atoms with E-state index in [1.807, 2.05) is 34.2 Å². The van der Waals surface area contributed by atoms with E-state index in [0.717, 1.165) is 42.9 Å². The van der Waals surface area contributed by atoms with Crippen molar-refractivity contribution < 1.29 is 25.3 Å². The van der Waals surface area contributed by atoms with Gasteiger partial charge in [-0.2, -0.15) is 5.06 Å². The van der Waals surface area contributed by atoms with Crippen molar-refractivity contribution in [1.29, 1.82) is 0 Å². The topological polar surface area (TPSA) is 109 Å². The second-order valence-corrected chi connectivity index (χ2v) is 8.65. The van der Waals surface area contributed by atoms with E-state index in [0.29, 0.717) is 13.1 Å². The molecule has 2 saturated heterocycles. The molecule has 2 aliphatic heterocycles. The summed E-state index contributed by atoms with van der Waals surface area (Å²) in [6.07, 6.45) is -2.36. The highest BCUT2D eigenvalue weighted by Crippen LogP contribution is 2.22. The van der Waals surface area contributed by atoms with Gasteiger partial charge in [-0.1, -0.05) is 36.4 Å². The standard InChI is InChI=1S/C24H33N3O5/c28-16-21-23(30)24(31)22(29)15-26(21)13-18-4-2-17(3-5-18)12-25-20-8-6-19(7-9-20)14-27-10-1-11-32-27/h2-9,21-25,28-31H,1,10-16H2/t21-,22+,23-,24-/m1/s1. The van der Waals surface area contributed by atoms with Gasteiger partial charge in [0, 0.05) is 38.4 Å². The quantitative estimate of drug-likeness (QED) is 0.406. The molecule has 32 heavy (non-hydrogen) atoms. The molecule has 8 heteroatoms. The average Bonchev–Trinajstić information content (AvgIpc) is 3.31. The van der Waals surface area contributed by atoms with Crippen molar-refractivity contribution in [3.8, 4) is 0 Å². The van der Waals surface area contributed by atoms with Gasteiger partial charge in [0.2, 0.25) is 0 Å². The second kappa shape index (κ2) is 10.7. The zero-order chi connectivity index (χ0) is 22.5. The van der Waals surface area contributed by atoms with Gasteiger partial charge in [-0.25, -0.2) is 0 Å². The molecule has 4 rings (SSSR count). The van der Waals surface area contributed by atoms with E-state index in [9.17, 15) is 20.4 Å². The third kappa shape index (κ3) is 5.65. The highest BCUT2D eigenvalue weighted by molar-refractivity contribution is 5.45. The summed E-state index contributed by atoms with van der Waals surface area (Å²) in [4.78, 5) is 7.35. The predicted octanol–water partition coefficient (Wildman–Crippen LogP) is 0.695. The molecule has 8 nitrogen and oxygen atoms in total. The minimum absolute atomic E-state index is 0.201. The van der Waals surface area contributed by atoms with Crippen molar-refractivity contribution >= 4 is 5.69 Å². The van der Waals surface area contributed by atoms with Gasteiger partial charge in [-0.15, -0.1) is 0 Å². The zero-order valence-electron chi connectivity index (χ0n) is 18.2. The van der Waals surface area contributed by atoms with Gasteiger partial charge >= 0.3 is 0 Å². The van der Waals surface area contributed by atoms with E-state index in [-0.39, 0.29) is 13.2 Å². The molecule has 2 aromatic rings. The van der Waals surface area contributed by atoms with Crippen LogP contribution in [0.15, 0.2) is 48.5 Å². The number of aliphatic hydroxyl groups is 4. The summed E-state index contributed by atoms with van der Waals surface area (Å²) in [6, 6.07) is 15.9. The fourth-order valence-electron chi connectivity index (χ4n) is 4.32. The Hall–Kier alpha value is -2.04. The van der Waals surface area contributed by atoms with Gasteiger partial charge < -0.3 is 25.7 Å². The van der Waals surface area contributed by atoms with Gasteiger partial charge in [-0.05, 0) is 35.2 Å². The maximum Gasteiger partial charge on any atom is 0.109 e. The molecule has 0 radical (unpaired) electrons. The van der Waals surface area contributed by atoms with Crippen molar-refractivity contribution in [2.75, 3.05) is 31.6 Å². The van der Waals surface area contributed by atoms with E-state index in [4.69, 9.17) is 4.84 Å². The maximum absolute atomic E-state index is 10.1. The summed E-state index contributed by atoms with van der Waals surface area (Å²) >= 11 is 0. The van der Waals surface area contributed by atoms with Crippen LogP contribution in [0.5, 0.6) is 0 Å². The zero-order valence-corrected chi connectivity index (χ0v) is 18.2. The minimum atomic E-state index is -1.24. The molecule has 2 aromatic carbocycles. The fraction of sp³-hybridized carbons (Fsp3) is 0.500. The third-order valence-corrected chi connectivity index (χ3v) is 6.26. The summed E-state index contributed by atoms with van der Waals surface area (Å²) in [5, 5.41) is 45.0. The van der Waals surface area contributed by atoms with Crippen LogP contribution in [0.1, 0.15) is 23.1 Å². The summed E-state index contributed by atoms with van der Waals surface area (Å²) in [5.74, 6) is 0. The predicted molar refractivity (Wildman–Crippen MR) is 120 cm³/mol. The number of piperidine rings is 1. The Labute approximate surface area is 188 Å². The van der Waals surface area contributed by atoms with Crippen LogP contribution >= 0.6 is 0 Å². The number of hydrogen-bond donors (Lipinski definition) is 5. The first kappa shape index (κ1) is 23.1. The van der Waals surface area contributed by atoms with Crippen LogP contribution in [0.4, 0.5) is 5.69 Å². The number of nitrogens with zero attached hydrogens (tertiary/aromatic N) is 2. The van der Waals surface area contributed by atoms with Crippen LogP contribution in [-0.2, 0) is 24.5 Å². The molecule has 4 atom stereocenters. The molecular formula is C24H33N3O5. The van der Waals surface area contributed by atoms with E-state index in [2.05, 4.69) is 29.6 Å². The summed E-state index contributed by atoms with van der Waals surface area (Å²) in [6.45, 7) is 3.69. The smallest absolute Gasteiger partial charge is 0.109 e. The molecule has 0 spiro atoms. The number of rotatable bonds is 8. The average molecular weight is 444 g/mol. The van der Waals surface area contributed by atoms with Gasteiger partial charge in [0.05, 0.1) is 25.4 Å². The molecule has 5 N–H and O–H groups in total. The SMILES string of the molecule is OC[C@@H]1[C@@H](O)[C@H](O)[C@@H](O)CN1Cc1ccc(CNc2ccc(CN3CCCO3)cc2)cc1. The summed E-state index contributed by atoms with van der Waals surface area (Å²) in [7, 11) is 0. The number of hydroxylamine groups is 2. The molecule has 174 valence electrons. The first-order valence-corrected chi connectivity index (χ1v) is 11.2. The van der Waals surface area contributed by atoms with Crippen molar-refractivity contribution in [1.82, 2.24) is 9.96 Å². The number of β-amino-alcohol motifs (C(OH)–C–C–N with tert-alkyl or cyclic N) is 1. The lowest BCUT2D eigenvalue weighted by molar-refractivity contribution is -0.147. The molecule has 0 aliphatic carbocycles. The lowest BCUT2D eigenvalue weighted by Crippen LogP contribution is -2.62. The number of nitrogens with one attached hydrogen (secondary N) is 1. The van der Waals surface area contributed by atoms with Gasteiger partial charge in [-0.3, -0.25) is 9.74 Å². The van der Waals surface area contributed by atoms with Gasteiger partial charge in [0.25, 0.3) is 0 Å². The number of benzene rings is 2. The molecule has 0 unspecified atom stereocenters. The molecule has 0 saturated carbocycles. The van der Waals surface area contributed by atoms with Crippen LogP contribution in [0, 0.1) is 0 Å². The highest BCUT2D eigenvalue weighted by Gasteiger charge is 2.40. The monoisotopic (exact) mass is 443 g/mol. The van der Waals surface area contributed by atoms with E-state index in [1.165, 1.54) is 5.56 Å². The number of anilines is 1. The van der Waals surface area contributed by atoms with E-state index >= 15 is 0 Å². The second-order valence-electron chi connectivity index (χ2n) is 8.65. The Morgan fingerprint density at radius 3 is 2.19 bits per heavy atom. The largest absolute Gasteiger partial charge is 0.395 e. The number of aliphatic hydroxyl groups excluding tert-OH is 4. The molecule has 2 heterocycles. The van der Waals surface area contributed by atoms with Crippen LogP contribution < -0.4 is 5.32 Å². The Morgan fingerprint density at radius 2 is 1.53 bits per heavy atom. The van der Waals surface area contributed by atoms with E-state index < -0.39 is 24.4 Å². The van der Waals surface area contributed by atoms with Crippen molar-refractivity contribution in [3.05, 3.63) is 65.2 Å². The molecule has 0 bridgehead atoms. The van der Waals surface area contributed by atoms with Crippen LogP contribution in [0.3, 0.4) is 0 Å². The lowest BCUT2D eigenvalue weighted by Gasteiger charge is -2.43. The number of likely N-dealkylation sites (tertiary alicyclic amines) is 1. The van der Waals surface area contributed by atoms with Crippen LogP contribution in [0.2, 0.25) is 0 Å². The first-order valence-electron chi connectivity index (χ1n) is 11.2. The van der Waals surface area contributed by atoms with Gasteiger partial charge in [0.15, 0.2) is 0 Å². The fourth-order valence-corrected chi connectivity index (χ4v) is 4.32. The summed E-state index contributed by atoms with van der Waals surface area (Å²) < 4.78 is 0. The van der Waals surface area contributed by atoms with Gasteiger partial charge in [0.1, 0.15) is 12.2 Å². The number of hydrogen-bond acceptors (Lipinski definition) is 8. The molecule has 2 aliphatic rings. The van der Waals surface area contributed by atoms with Crippen molar-refractivity contribution in [2.24, 2.45) is 0 Å². The summed E-state index contributed by atoms with van der Waals surface area (Å²) in [5.41, 5.74) is 4.43. The Bertz CT molecular complexity index is 842. The lowest BCUT2D eigenvalue weighted by atomic mass is 9.93. The Morgan fingerprint density at radius 1 is 0.875 bits per heavy atom. The molecule has 2 fully saturated rings. The maximum atomic E-state index is 10.1. The Kier molecular flexibility index (Phi) is 7.75. The molecule has 0 aromatic heterocycles. The van der Waals surface area contributed by atoms with Crippen molar-refractivity contribution in [3.63, 3.8) is 0 Å². The first-order chi connectivity index (χ1) is 15.5.